The van der Waals surface area contributed by atoms with Crippen LogP contribution in [-0.2, 0) is 11.3 Å². The number of nitrogens with one attached hydrogen (secondary N) is 1. The smallest absolute Gasteiger partial charge is 0.412 e. The lowest BCUT2D eigenvalue weighted by Gasteiger charge is -2.19. The van der Waals surface area contributed by atoms with Gasteiger partial charge in [-0.25, -0.2) is 9.48 Å². The van der Waals surface area contributed by atoms with E-state index in [9.17, 15) is 9.59 Å². The molecule has 162 valence electrons. The van der Waals surface area contributed by atoms with E-state index in [4.69, 9.17) is 9.84 Å². The molecule has 0 atom stereocenters. The molecule has 32 heavy (non-hydrogen) atoms. The van der Waals surface area contributed by atoms with Crippen LogP contribution >= 0.6 is 0 Å². The number of hydrogen-bond acceptors (Lipinski definition) is 4. The standard InChI is InChI=1S/C26H25N3O3/c1-26(2,3)32-25(31)27-20-13-9-12-19(16-20)23-21-14-7-8-15-22(21)24(30)29(28-23)17-18-10-5-4-6-11-18/h4-16H,17H2,1-3H3,(H,27,31). The Hall–Kier alpha value is -3.93. The summed E-state index contributed by atoms with van der Waals surface area (Å²) in [5.41, 5.74) is 2.30. The fraction of sp³-hybridized carbons (Fsp3) is 0.192. The van der Waals surface area contributed by atoms with Crippen LogP contribution in [0.1, 0.15) is 26.3 Å². The lowest BCUT2D eigenvalue weighted by Crippen LogP contribution is -2.27. The van der Waals surface area contributed by atoms with Gasteiger partial charge in [-0.2, -0.15) is 5.10 Å². The van der Waals surface area contributed by atoms with Crippen LogP contribution in [0.5, 0.6) is 0 Å². The van der Waals surface area contributed by atoms with Crippen molar-refractivity contribution >= 4 is 22.6 Å². The number of carbonyl (C=O) groups is 1. The third kappa shape index (κ3) is 4.86. The summed E-state index contributed by atoms with van der Waals surface area (Å²) < 4.78 is 6.83. The van der Waals surface area contributed by atoms with Gasteiger partial charge < -0.3 is 4.74 Å². The Morgan fingerprint density at radius 2 is 1.62 bits per heavy atom. The van der Waals surface area contributed by atoms with E-state index in [1.165, 1.54) is 4.68 Å². The second-order valence-electron chi connectivity index (χ2n) is 8.55. The highest BCUT2D eigenvalue weighted by Crippen LogP contribution is 2.27. The third-order valence-electron chi connectivity index (χ3n) is 4.82. The van der Waals surface area contributed by atoms with Crippen LogP contribution in [-0.4, -0.2) is 21.5 Å². The summed E-state index contributed by atoms with van der Waals surface area (Å²) in [6, 6.07) is 24.5. The number of anilines is 1. The molecule has 1 heterocycles. The normalized spacial score (nSPS) is 11.3. The van der Waals surface area contributed by atoms with Gasteiger partial charge in [0, 0.05) is 16.6 Å². The molecule has 0 aliphatic heterocycles. The zero-order chi connectivity index (χ0) is 22.7. The van der Waals surface area contributed by atoms with Gasteiger partial charge in [0.25, 0.3) is 5.56 Å². The lowest BCUT2D eigenvalue weighted by atomic mass is 10.0. The highest BCUT2D eigenvalue weighted by atomic mass is 16.6. The molecule has 0 aliphatic rings. The van der Waals surface area contributed by atoms with Crippen molar-refractivity contribution in [2.45, 2.75) is 32.9 Å². The Morgan fingerprint density at radius 1 is 0.938 bits per heavy atom. The molecule has 0 aliphatic carbocycles. The minimum Gasteiger partial charge on any atom is -0.444 e. The van der Waals surface area contributed by atoms with E-state index in [-0.39, 0.29) is 5.56 Å². The van der Waals surface area contributed by atoms with E-state index in [0.717, 1.165) is 16.5 Å². The number of fused-ring (bicyclic) bond motifs is 1. The molecule has 1 N–H and O–H groups in total. The Bertz CT molecular complexity index is 1320. The molecule has 0 saturated heterocycles. The second kappa shape index (κ2) is 8.67. The zero-order valence-corrected chi connectivity index (χ0v) is 18.3. The van der Waals surface area contributed by atoms with Gasteiger partial charge in [-0.15, -0.1) is 0 Å². The van der Waals surface area contributed by atoms with Gasteiger partial charge in [-0.3, -0.25) is 10.1 Å². The highest BCUT2D eigenvalue weighted by Gasteiger charge is 2.17. The van der Waals surface area contributed by atoms with E-state index in [1.807, 2.05) is 93.6 Å². The zero-order valence-electron chi connectivity index (χ0n) is 18.3. The van der Waals surface area contributed by atoms with Crippen molar-refractivity contribution < 1.29 is 9.53 Å². The quantitative estimate of drug-likeness (QED) is 0.469. The molecule has 3 aromatic carbocycles. The van der Waals surface area contributed by atoms with E-state index in [1.54, 1.807) is 6.07 Å². The lowest BCUT2D eigenvalue weighted by molar-refractivity contribution is 0.0636. The number of aromatic nitrogens is 2. The van der Waals surface area contributed by atoms with Crippen LogP contribution < -0.4 is 10.9 Å². The minimum atomic E-state index is -0.591. The maximum Gasteiger partial charge on any atom is 0.412 e. The van der Waals surface area contributed by atoms with Crippen molar-refractivity contribution in [3.8, 4) is 11.3 Å². The van der Waals surface area contributed by atoms with E-state index < -0.39 is 11.7 Å². The molecule has 0 unspecified atom stereocenters. The van der Waals surface area contributed by atoms with Crippen molar-refractivity contribution in [2.24, 2.45) is 0 Å². The molecule has 0 bridgehead atoms. The van der Waals surface area contributed by atoms with Crippen LogP contribution in [0.2, 0.25) is 0 Å². The highest BCUT2D eigenvalue weighted by molar-refractivity contribution is 5.95. The molecule has 0 spiro atoms. The summed E-state index contributed by atoms with van der Waals surface area (Å²) >= 11 is 0. The molecule has 6 nitrogen and oxygen atoms in total. The topological polar surface area (TPSA) is 73.2 Å². The Morgan fingerprint density at radius 3 is 2.34 bits per heavy atom. The van der Waals surface area contributed by atoms with Crippen LogP contribution in [0.3, 0.4) is 0 Å². The maximum absolute atomic E-state index is 13.1. The van der Waals surface area contributed by atoms with Gasteiger partial charge in [0.05, 0.1) is 17.6 Å². The van der Waals surface area contributed by atoms with Gasteiger partial charge >= 0.3 is 6.09 Å². The number of benzene rings is 3. The van der Waals surface area contributed by atoms with Crippen molar-refractivity contribution in [2.75, 3.05) is 5.32 Å². The summed E-state index contributed by atoms with van der Waals surface area (Å²) in [5, 5.41) is 8.83. The molecule has 0 radical (unpaired) electrons. The van der Waals surface area contributed by atoms with Crippen LogP contribution in [0.4, 0.5) is 10.5 Å². The van der Waals surface area contributed by atoms with Gasteiger partial charge in [0.15, 0.2) is 0 Å². The van der Waals surface area contributed by atoms with Crippen LogP contribution in [0, 0.1) is 0 Å². The molecular weight excluding hydrogens is 402 g/mol. The molecule has 4 aromatic rings. The van der Waals surface area contributed by atoms with Crippen LogP contribution in [0.25, 0.3) is 22.0 Å². The van der Waals surface area contributed by atoms with Gasteiger partial charge in [0.2, 0.25) is 0 Å². The number of nitrogens with zero attached hydrogens (tertiary/aromatic N) is 2. The largest absolute Gasteiger partial charge is 0.444 e. The minimum absolute atomic E-state index is 0.142. The van der Waals surface area contributed by atoms with Crippen molar-refractivity contribution in [3.05, 3.63) is 94.8 Å². The monoisotopic (exact) mass is 427 g/mol. The van der Waals surface area contributed by atoms with Gasteiger partial charge in [-0.1, -0.05) is 60.7 Å². The first-order chi connectivity index (χ1) is 15.3. The number of ether oxygens (including phenoxy) is 1. The molecular formula is C26H25N3O3. The van der Waals surface area contributed by atoms with E-state index in [0.29, 0.717) is 23.3 Å². The Labute approximate surface area is 186 Å². The first-order valence-electron chi connectivity index (χ1n) is 10.4. The summed E-state index contributed by atoms with van der Waals surface area (Å²) in [6.07, 6.45) is -0.526. The average molecular weight is 428 g/mol. The third-order valence-corrected chi connectivity index (χ3v) is 4.82. The number of hydrogen-bond donors (Lipinski definition) is 1. The summed E-state index contributed by atoms with van der Waals surface area (Å²) in [4.78, 5) is 25.3. The summed E-state index contributed by atoms with van der Waals surface area (Å²) in [7, 11) is 0. The molecule has 1 amide bonds. The molecule has 4 rings (SSSR count). The van der Waals surface area contributed by atoms with Crippen molar-refractivity contribution in [1.29, 1.82) is 0 Å². The fourth-order valence-electron chi connectivity index (χ4n) is 3.48. The van der Waals surface area contributed by atoms with E-state index >= 15 is 0 Å². The first kappa shape index (κ1) is 21.3. The maximum atomic E-state index is 13.1. The van der Waals surface area contributed by atoms with Crippen LogP contribution in [0.15, 0.2) is 83.7 Å². The van der Waals surface area contributed by atoms with Crippen molar-refractivity contribution in [3.63, 3.8) is 0 Å². The summed E-state index contributed by atoms with van der Waals surface area (Å²) in [6.45, 7) is 5.81. The molecule has 6 heteroatoms. The predicted molar refractivity (Wildman–Crippen MR) is 127 cm³/mol. The van der Waals surface area contributed by atoms with Gasteiger partial charge in [0.1, 0.15) is 5.60 Å². The molecule has 1 aromatic heterocycles. The number of amides is 1. The predicted octanol–water partition coefficient (Wildman–Crippen LogP) is 5.46. The first-order valence-corrected chi connectivity index (χ1v) is 10.4. The number of carbonyl (C=O) groups excluding carboxylic acids is 1. The molecule has 0 saturated carbocycles. The fourth-order valence-corrected chi connectivity index (χ4v) is 3.48. The number of rotatable bonds is 4. The van der Waals surface area contributed by atoms with E-state index in [2.05, 4.69) is 5.32 Å². The average Bonchev–Trinajstić information content (AvgIpc) is 2.75. The molecule has 0 fully saturated rings. The Balaban J connectivity index is 1.76. The Kier molecular flexibility index (Phi) is 5.77. The van der Waals surface area contributed by atoms with Gasteiger partial charge in [-0.05, 0) is 44.5 Å². The van der Waals surface area contributed by atoms with Crippen molar-refractivity contribution in [1.82, 2.24) is 9.78 Å². The second-order valence-corrected chi connectivity index (χ2v) is 8.55. The summed E-state index contributed by atoms with van der Waals surface area (Å²) in [5.74, 6) is 0. The SMILES string of the molecule is CC(C)(C)OC(=O)Nc1cccc(-c2nn(Cc3ccccc3)c(=O)c3ccccc23)c1.